The minimum atomic E-state index is 0.0164. The van der Waals surface area contributed by atoms with Crippen LogP contribution in [0.15, 0.2) is 24.3 Å². The van der Waals surface area contributed by atoms with E-state index in [2.05, 4.69) is 17.4 Å². The molecule has 1 aliphatic carbocycles. The summed E-state index contributed by atoms with van der Waals surface area (Å²) in [5.74, 6) is 3.30. The third-order valence-corrected chi connectivity index (χ3v) is 7.09. The first-order chi connectivity index (χ1) is 11.3. The van der Waals surface area contributed by atoms with Gasteiger partial charge in [0.2, 0.25) is 0 Å². The molecule has 3 rings (SSSR count). The molecule has 1 aliphatic heterocycles. The van der Waals surface area contributed by atoms with E-state index in [1.165, 1.54) is 36.3 Å². The summed E-state index contributed by atoms with van der Waals surface area (Å²) in [6.45, 7) is 2.32. The average molecular weight is 352 g/mol. The second-order valence-electron chi connectivity index (χ2n) is 6.18. The Morgan fingerprint density at radius 3 is 2.61 bits per heavy atom. The normalized spacial score (nSPS) is 18.8. The second kappa shape index (κ2) is 9.00. The molecule has 3 nitrogen and oxygen atoms in total. The summed E-state index contributed by atoms with van der Waals surface area (Å²) in [6.07, 6.45) is 4.83. The van der Waals surface area contributed by atoms with E-state index < -0.39 is 0 Å². The standard InChI is InChI=1S/C18H25NO2S2/c20-17(19-9-1-10-21-13-14-3-4-14)15-5-7-16(8-6-15)18-22-11-2-12-23-18/h5-8,14,18H,1-4,9-13H2,(H,19,20). The summed E-state index contributed by atoms with van der Waals surface area (Å²) in [7, 11) is 0. The molecule has 0 radical (unpaired) electrons. The van der Waals surface area contributed by atoms with Crippen LogP contribution in [0.2, 0.25) is 0 Å². The highest BCUT2D eigenvalue weighted by Crippen LogP contribution is 2.43. The van der Waals surface area contributed by atoms with Gasteiger partial charge < -0.3 is 10.1 Å². The third kappa shape index (κ3) is 5.73. The van der Waals surface area contributed by atoms with Crippen LogP contribution in [0.1, 0.15) is 46.2 Å². The van der Waals surface area contributed by atoms with Gasteiger partial charge in [0.15, 0.2) is 0 Å². The largest absolute Gasteiger partial charge is 0.381 e. The Kier molecular flexibility index (Phi) is 6.72. The molecule has 0 bridgehead atoms. The van der Waals surface area contributed by atoms with Gasteiger partial charge in [-0.05, 0) is 60.8 Å². The fourth-order valence-electron chi connectivity index (χ4n) is 2.48. The lowest BCUT2D eigenvalue weighted by molar-refractivity contribution is 0.0937. The van der Waals surface area contributed by atoms with Gasteiger partial charge in [0, 0.05) is 25.3 Å². The Balaban J connectivity index is 1.36. The number of nitrogens with one attached hydrogen (secondary N) is 1. The van der Waals surface area contributed by atoms with Crippen LogP contribution < -0.4 is 5.32 Å². The zero-order valence-corrected chi connectivity index (χ0v) is 15.1. The van der Waals surface area contributed by atoms with E-state index in [1.807, 2.05) is 35.7 Å². The van der Waals surface area contributed by atoms with Gasteiger partial charge in [-0.3, -0.25) is 4.79 Å². The predicted octanol–water partition coefficient (Wildman–Crippen LogP) is 4.10. The first-order valence-corrected chi connectivity index (χ1v) is 10.6. The molecule has 126 valence electrons. The number of amides is 1. The van der Waals surface area contributed by atoms with Crippen molar-refractivity contribution < 1.29 is 9.53 Å². The van der Waals surface area contributed by atoms with Crippen molar-refractivity contribution in [3.63, 3.8) is 0 Å². The van der Waals surface area contributed by atoms with Gasteiger partial charge in [-0.1, -0.05) is 12.1 Å². The van der Waals surface area contributed by atoms with E-state index >= 15 is 0 Å². The average Bonchev–Trinajstić information content (AvgIpc) is 3.43. The SMILES string of the molecule is O=C(NCCCOCC1CC1)c1ccc(C2SCCCS2)cc1. The number of hydrogen-bond donors (Lipinski definition) is 1. The van der Waals surface area contributed by atoms with Crippen LogP contribution in [0.25, 0.3) is 0 Å². The van der Waals surface area contributed by atoms with E-state index in [4.69, 9.17) is 4.74 Å². The van der Waals surface area contributed by atoms with E-state index in [-0.39, 0.29) is 5.91 Å². The smallest absolute Gasteiger partial charge is 0.251 e. The molecule has 1 N–H and O–H groups in total. The Morgan fingerprint density at radius 1 is 1.17 bits per heavy atom. The molecule has 0 aromatic heterocycles. The molecular weight excluding hydrogens is 326 g/mol. The van der Waals surface area contributed by atoms with Crippen molar-refractivity contribution in [2.75, 3.05) is 31.3 Å². The van der Waals surface area contributed by atoms with Crippen LogP contribution in [0.4, 0.5) is 0 Å². The molecule has 1 amide bonds. The molecule has 5 heteroatoms. The summed E-state index contributed by atoms with van der Waals surface area (Å²) < 4.78 is 6.10. The maximum Gasteiger partial charge on any atom is 0.251 e. The molecular formula is C18H25NO2S2. The van der Waals surface area contributed by atoms with Gasteiger partial charge >= 0.3 is 0 Å². The van der Waals surface area contributed by atoms with Gasteiger partial charge in [0.25, 0.3) is 5.91 Å². The zero-order chi connectivity index (χ0) is 15.9. The van der Waals surface area contributed by atoms with Gasteiger partial charge in [-0.15, -0.1) is 23.5 Å². The summed E-state index contributed by atoms with van der Waals surface area (Å²) in [6, 6.07) is 8.10. The number of thioether (sulfide) groups is 2. The van der Waals surface area contributed by atoms with Crippen molar-refractivity contribution in [1.82, 2.24) is 5.32 Å². The number of carbonyl (C=O) groups is 1. The fraction of sp³-hybridized carbons (Fsp3) is 0.611. The van der Waals surface area contributed by atoms with Gasteiger partial charge in [0.1, 0.15) is 0 Å². The number of carbonyl (C=O) groups excluding carboxylic acids is 1. The van der Waals surface area contributed by atoms with Crippen LogP contribution in [0.5, 0.6) is 0 Å². The molecule has 0 spiro atoms. The highest BCUT2D eigenvalue weighted by molar-refractivity contribution is 8.16. The topological polar surface area (TPSA) is 38.3 Å². The molecule has 1 aromatic carbocycles. The van der Waals surface area contributed by atoms with Gasteiger partial charge in [-0.25, -0.2) is 0 Å². The Labute approximate surface area is 147 Å². The number of ether oxygens (including phenoxy) is 1. The number of benzene rings is 1. The predicted molar refractivity (Wildman–Crippen MR) is 99.2 cm³/mol. The quantitative estimate of drug-likeness (QED) is 0.716. The molecule has 1 aromatic rings. The maximum atomic E-state index is 12.1. The van der Waals surface area contributed by atoms with Crippen molar-refractivity contribution in [1.29, 1.82) is 0 Å². The summed E-state index contributed by atoms with van der Waals surface area (Å²) in [5.41, 5.74) is 2.07. The summed E-state index contributed by atoms with van der Waals surface area (Å²) in [4.78, 5) is 12.1. The van der Waals surface area contributed by atoms with Crippen molar-refractivity contribution in [2.45, 2.75) is 30.3 Å². The monoisotopic (exact) mass is 351 g/mol. The zero-order valence-electron chi connectivity index (χ0n) is 13.5. The first kappa shape index (κ1) is 17.2. The molecule has 1 saturated heterocycles. The summed E-state index contributed by atoms with van der Waals surface area (Å²) in [5, 5.41) is 2.97. The maximum absolute atomic E-state index is 12.1. The lowest BCUT2D eigenvalue weighted by Crippen LogP contribution is -2.25. The molecule has 2 fully saturated rings. The molecule has 1 saturated carbocycles. The second-order valence-corrected chi connectivity index (χ2v) is 8.90. The minimum absolute atomic E-state index is 0.0164. The summed E-state index contributed by atoms with van der Waals surface area (Å²) >= 11 is 4.01. The van der Waals surface area contributed by atoms with E-state index in [1.54, 1.807) is 0 Å². The Hall–Kier alpha value is -0.650. The van der Waals surface area contributed by atoms with E-state index in [9.17, 15) is 4.79 Å². The molecule has 1 heterocycles. The number of hydrogen-bond acceptors (Lipinski definition) is 4. The van der Waals surface area contributed by atoms with Crippen molar-refractivity contribution >= 4 is 29.4 Å². The number of rotatable bonds is 8. The van der Waals surface area contributed by atoms with Crippen LogP contribution in [-0.2, 0) is 4.74 Å². The first-order valence-electron chi connectivity index (χ1n) is 8.52. The molecule has 0 unspecified atom stereocenters. The van der Waals surface area contributed by atoms with Gasteiger partial charge in [-0.2, -0.15) is 0 Å². The van der Waals surface area contributed by atoms with Crippen LogP contribution in [-0.4, -0.2) is 37.2 Å². The Morgan fingerprint density at radius 2 is 1.91 bits per heavy atom. The van der Waals surface area contributed by atoms with Gasteiger partial charge in [0.05, 0.1) is 4.58 Å². The molecule has 2 aliphatic rings. The van der Waals surface area contributed by atoms with Crippen molar-refractivity contribution in [3.05, 3.63) is 35.4 Å². The van der Waals surface area contributed by atoms with Crippen LogP contribution in [0.3, 0.4) is 0 Å². The third-order valence-electron chi connectivity index (χ3n) is 4.07. The van der Waals surface area contributed by atoms with Crippen LogP contribution in [0, 0.1) is 5.92 Å². The van der Waals surface area contributed by atoms with E-state index in [0.717, 1.165) is 31.1 Å². The van der Waals surface area contributed by atoms with E-state index in [0.29, 0.717) is 11.1 Å². The minimum Gasteiger partial charge on any atom is -0.381 e. The molecule has 0 atom stereocenters. The highest BCUT2D eigenvalue weighted by Gasteiger charge is 2.20. The molecule has 23 heavy (non-hydrogen) atoms. The lowest BCUT2D eigenvalue weighted by atomic mass is 10.1. The lowest BCUT2D eigenvalue weighted by Gasteiger charge is -2.21. The fourth-order valence-corrected chi connectivity index (χ4v) is 5.38. The highest BCUT2D eigenvalue weighted by atomic mass is 32.2. The van der Waals surface area contributed by atoms with Crippen LogP contribution >= 0.6 is 23.5 Å². The van der Waals surface area contributed by atoms with Crippen molar-refractivity contribution in [3.8, 4) is 0 Å². The Bertz CT molecular complexity index is 496. The van der Waals surface area contributed by atoms with Crippen molar-refractivity contribution in [2.24, 2.45) is 5.92 Å².